The highest BCUT2D eigenvalue weighted by molar-refractivity contribution is 6.08. The molecule has 7 heteroatoms. The van der Waals surface area contributed by atoms with Crippen molar-refractivity contribution >= 4 is 39.2 Å². The quantitative estimate of drug-likeness (QED) is 0.258. The number of carbonyl (C=O) groups is 1. The number of carbonyl (C=O) groups excluding carboxylic acids is 1. The van der Waals surface area contributed by atoms with Crippen LogP contribution in [0.1, 0.15) is 12.5 Å². The summed E-state index contributed by atoms with van der Waals surface area (Å²) in [7, 11) is 3.10. The van der Waals surface area contributed by atoms with Gasteiger partial charge < -0.3 is 19.4 Å². The van der Waals surface area contributed by atoms with E-state index in [0.29, 0.717) is 22.9 Å². The van der Waals surface area contributed by atoms with E-state index in [1.807, 2.05) is 18.2 Å². The van der Waals surface area contributed by atoms with Gasteiger partial charge in [-0.05, 0) is 67.1 Å². The lowest BCUT2D eigenvalue weighted by atomic mass is 10.1. The fraction of sp³-hybridized carbons (Fsp3) is 0.167. The number of nitrogens with zero attached hydrogens (tertiary/aromatic N) is 2. The second kappa shape index (κ2) is 10.2. The third kappa shape index (κ3) is 4.68. The van der Waals surface area contributed by atoms with Gasteiger partial charge >= 0.3 is 6.03 Å². The van der Waals surface area contributed by atoms with Crippen molar-refractivity contribution in [2.75, 3.05) is 24.4 Å². The molecular formula is C30H28FN3O3. The van der Waals surface area contributed by atoms with Gasteiger partial charge in [-0.2, -0.15) is 0 Å². The van der Waals surface area contributed by atoms with E-state index in [9.17, 15) is 9.18 Å². The Morgan fingerprint density at radius 3 is 2.38 bits per heavy atom. The van der Waals surface area contributed by atoms with Crippen molar-refractivity contribution in [1.82, 2.24) is 4.57 Å². The van der Waals surface area contributed by atoms with Crippen molar-refractivity contribution in [3.8, 4) is 11.5 Å². The number of ether oxygens (including phenoxy) is 2. The monoisotopic (exact) mass is 497 g/mol. The minimum Gasteiger partial charge on any atom is -0.497 e. The Kier molecular flexibility index (Phi) is 6.68. The Morgan fingerprint density at radius 1 is 0.892 bits per heavy atom. The van der Waals surface area contributed by atoms with Gasteiger partial charge in [0.05, 0.1) is 26.5 Å². The lowest BCUT2D eigenvalue weighted by Gasteiger charge is -2.24. The van der Waals surface area contributed by atoms with Crippen molar-refractivity contribution in [2.45, 2.75) is 20.0 Å². The van der Waals surface area contributed by atoms with Crippen LogP contribution >= 0.6 is 0 Å². The molecule has 5 rings (SSSR count). The van der Waals surface area contributed by atoms with E-state index in [1.165, 1.54) is 30.1 Å². The molecule has 0 aliphatic carbocycles. The van der Waals surface area contributed by atoms with Gasteiger partial charge in [-0.15, -0.1) is 0 Å². The molecular weight excluding hydrogens is 469 g/mol. The molecule has 37 heavy (non-hydrogen) atoms. The van der Waals surface area contributed by atoms with E-state index in [0.717, 1.165) is 23.0 Å². The molecule has 188 valence electrons. The maximum atomic E-state index is 13.7. The van der Waals surface area contributed by atoms with E-state index in [1.54, 1.807) is 42.3 Å². The zero-order chi connectivity index (χ0) is 25.9. The molecule has 0 fully saturated rings. The predicted molar refractivity (Wildman–Crippen MR) is 146 cm³/mol. The number of aryl methyl sites for hydroxylation is 1. The summed E-state index contributed by atoms with van der Waals surface area (Å²) < 4.78 is 26.7. The van der Waals surface area contributed by atoms with E-state index < -0.39 is 0 Å². The summed E-state index contributed by atoms with van der Waals surface area (Å²) in [5, 5.41) is 5.23. The number of amides is 2. The topological polar surface area (TPSA) is 55.7 Å². The van der Waals surface area contributed by atoms with Gasteiger partial charge in [-0.1, -0.05) is 24.3 Å². The average Bonchev–Trinajstić information content (AvgIpc) is 3.25. The summed E-state index contributed by atoms with van der Waals surface area (Å²) in [5.41, 5.74) is 4.35. The molecule has 0 saturated carbocycles. The first kappa shape index (κ1) is 24.2. The first-order chi connectivity index (χ1) is 18.0. The van der Waals surface area contributed by atoms with Crippen LogP contribution < -0.4 is 19.7 Å². The summed E-state index contributed by atoms with van der Waals surface area (Å²) in [5.74, 6) is 0.722. The molecule has 1 heterocycles. The van der Waals surface area contributed by atoms with Crippen LogP contribution in [0.25, 0.3) is 21.8 Å². The number of rotatable bonds is 7. The summed E-state index contributed by atoms with van der Waals surface area (Å²) in [6, 6.07) is 25.3. The average molecular weight is 498 g/mol. The summed E-state index contributed by atoms with van der Waals surface area (Å²) in [4.78, 5) is 15.2. The molecule has 0 spiro atoms. The number of hydrogen-bond donors (Lipinski definition) is 1. The molecule has 2 amide bonds. The van der Waals surface area contributed by atoms with E-state index in [-0.39, 0.29) is 18.4 Å². The Labute approximate surface area is 214 Å². The van der Waals surface area contributed by atoms with Crippen LogP contribution in [0, 0.1) is 5.82 Å². The van der Waals surface area contributed by atoms with Crippen molar-refractivity contribution in [2.24, 2.45) is 0 Å². The van der Waals surface area contributed by atoms with Crippen LogP contribution in [-0.2, 0) is 13.1 Å². The van der Waals surface area contributed by atoms with Crippen molar-refractivity contribution < 1.29 is 18.7 Å². The molecule has 0 atom stereocenters. The highest BCUT2D eigenvalue weighted by atomic mass is 19.1. The van der Waals surface area contributed by atoms with Gasteiger partial charge in [0, 0.05) is 40.1 Å². The minimum absolute atomic E-state index is 0.289. The number of methoxy groups -OCH3 is 2. The Morgan fingerprint density at radius 2 is 1.65 bits per heavy atom. The van der Waals surface area contributed by atoms with E-state index in [4.69, 9.17) is 9.47 Å². The Bertz CT molecular complexity index is 1580. The highest BCUT2D eigenvalue weighted by Gasteiger charge is 2.20. The molecule has 0 radical (unpaired) electrons. The smallest absolute Gasteiger partial charge is 0.326 e. The molecule has 0 aliphatic heterocycles. The van der Waals surface area contributed by atoms with Gasteiger partial charge in [0.2, 0.25) is 0 Å². The SMILES string of the molecule is CCn1c2ccccc2c2cc(CN(C(=O)Nc3ccc(OC)cc3OC)c3ccc(F)cc3)ccc21. The van der Waals surface area contributed by atoms with Crippen LogP contribution in [0.4, 0.5) is 20.6 Å². The van der Waals surface area contributed by atoms with Gasteiger partial charge in [0.15, 0.2) is 0 Å². The number of urea groups is 1. The van der Waals surface area contributed by atoms with Crippen LogP contribution in [0.2, 0.25) is 0 Å². The molecule has 1 N–H and O–H groups in total. The van der Waals surface area contributed by atoms with Crippen LogP contribution in [0.15, 0.2) is 84.9 Å². The zero-order valence-electron chi connectivity index (χ0n) is 21.0. The standard InChI is InChI=1S/C30H28FN3O3/c1-4-33-27-8-6-5-7-24(27)25-17-20(9-16-28(25)33)19-34(22-12-10-21(31)11-13-22)30(35)32-26-15-14-23(36-2)18-29(26)37-3/h5-18H,4,19H2,1-3H3,(H,32,35). The number of hydrogen-bond acceptors (Lipinski definition) is 3. The van der Waals surface area contributed by atoms with Gasteiger partial charge in [-0.25, -0.2) is 9.18 Å². The third-order valence-corrected chi connectivity index (χ3v) is 6.53. The number of para-hydroxylation sites is 1. The molecule has 0 aliphatic rings. The largest absolute Gasteiger partial charge is 0.497 e. The molecule has 6 nitrogen and oxygen atoms in total. The number of anilines is 2. The molecule has 0 bridgehead atoms. The first-order valence-corrected chi connectivity index (χ1v) is 12.1. The molecule has 0 saturated heterocycles. The lowest BCUT2D eigenvalue weighted by molar-refractivity contribution is 0.256. The van der Waals surface area contributed by atoms with Crippen LogP contribution in [-0.4, -0.2) is 24.8 Å². The number of fused-ring (bicyclic) bond motifs is 3. The molecule has 5 aromatic rings. The van der Waals surface area contributed by atoms with Crippen molar-refractivity contribution in [3.63, 3.8) is 0 Å². The van der Waals surface area contributed by atoms with Gasteiger partial charge in [0.1, 0.15) is 17.3 Å². The van der Waals surface area contributed by atoms with Crippen molar-refractivity contribution in [3.05, 3.63) is 96.3 Å². The normalized spacial score (nSPS) is 11.0. The second-order valence-corrected chi connectivity index (χ2v) is 8.67. The number of aromatic nitrogens is 1. The van der Waals surface area contributed by atoms with E-state index >= 15 is 0 Å². The Balaban J connectivity index is 1.52. The number of halogens is 1. The number of nitrogens with one attached hydrogen (secondary N) is 1. The zero-order valence-corrected chi connectivity index (χ0v) is 21.0. The summed E-state index contributed by atoms with van der Waals surface area (Å²) in [6.07, 6.45) is 0. The van der Waals surface area contributed by atoms with Gasteiger partial charge in [-0.3, -0.25) is 4.90 Å². The fourth-order valence-corrected chi connectivity index (χ4v) is 4.71. The maximum Gasteiger partial charge on any atom is 0.326 e. The third-order valence-electron chi connectivity index (χ3n) is 6.53. The molecule has 0 unspecified atom stereocenters. The lowest BCUT2D eigenvalue weighted by Crippen LogP contribution is -2.34. The minimum atomic E-state index is -0.369. The number of benzene rings is 4. The Hall–Kier alpha value is -4.52. The predicted octanol–water partition coefficient (Wildman–Crippen LogP) is 7.21. The molecule has 4 aromatic carbocycles. The van der Waals surface area contributed by atoms with Crippen LogP contribution in [0.5, 0.6) is 11.5 Å². The van der Waals surface area contributed by atoms with Gasteiger partial charge in [0.25, 0.3) is 0 Å². The second-order valence-electron chi connectivity index (χ2n) is 8.67. The van der Waals surface area contributed by atoms with E-state index in [2.05, 4.69) is 41.1 Å². The molecule has 1 aromatic heterocycles. The summed E-state index contributed by atoms with van der Waals surface area (Å²) in [6.45, 7) is 3.28. The fourth-order valence-electron chi connectivity index (χ4n) is 4.71. The first-order valence-electron chi connectivity index (χ1n) is 12.1. The summed E-state index contributed by atoms with van der Waals surface area (Å²) >= 11 is 0. The van der Waals surface area contributed by atoms with Crippen LogP contribution in [0.3, 0.4) is 0 Å². The highest BCUT2D eigenvalue weighted by Crippen LogP contribution is 2.32. The van der Waals surface area contributed by atoms with Crippen molar-refractivity contribution in [1.29, 1.82) is 0 Å². The maximum absolute atomic E-state index is 13.7.